The molecule has 0 spiro atoms. The number of hydrogen-bond donors (Lipinski definition) is 2. The van der Waals surface area contributed by atoms with E-state index in [1.807, 2.05) is 0 Å². The highest BCUT2D eigenvalue weighted by Crippen LogP contribution is 2.23. The Balaban J connectivity index is 2.14. The van der Waals surface area contributed by atoms with Crippen molar-refractivity contribution in [1.29, 1.82) is 0 Å². The molecular weight excluding hydrogens is 277 g/mol. The predicted molar refractivity (Wildman–Crippen MR) is 75.5 cm³/mol. The van der Waals surface area contributed by atoms with E-state index in [-0.39, 0.29) is 5.91 Å². The van der Waals surface area contributed by atoms with Crippen LogP contribution in [-0.4, -0.2) is 43.4 Å². The van der Waals surface area contributed by atoms with Crippen LogP contribution >= 0.6 is 0 Å². The molecule has 8 heteroatoms. The van der Waals surface area contributed by atoms with Gasteiger partial charge in [0.1, 0.15) is 6.67 Å². The summed E-state index contributed by atoms with van der Waals surface area (Å²) in [5.74, 6) is -0.0229. The normalized spacial score (nSPS) is 18.0. The minimum Gasteiger partial charge on any atom is -0.388 e. The summed E-state index contributed by atoms with van der Waals surface area (Å²) in [5, 5.41) is 16.2. The summed E-state index contributed by atoms with van der Waals surface area (Å²) in [7, 11) is 0. The second-order valence-corrected chi connectivity index (χ2v) is 4.69. The molecule has 1 heterocycles. The fourth-order valence-corrected chi connectivity index (χ4v) is 2.20. The number of aliphatic hydroxyl groups is 1. The summed E-state index contributed by atoms with van der Waals surface area (Å²) in [6.07, 6.45) is -1.21. The van der Waals surface area contributed by atoms with E-state index in [4.69, 9.17) is 5.53 Å². The van der Waals surface area contributed by atoms with E-state index in [1.54, 1.807) is 29.2 Å². The van der Waals surface area contributed by atoms with E-state index in [0.29, 0.717) is 18.7 Å². The van der Waals surface area contributed by atoms with Crippen molar-refractivity contribution >= 4 is 11.6 Å². The molecule has 1 fully saturated rings. The van der Waals surface area contributed by atoms with Crippen molar-refractivity contribution in [3.63, 3.8) is 0 Å². The fourth-order valence-electron chi connectivity index (χ4n) is 2.20. The van der Waals surface area contributed by atoms with Crippen LogP contribution < -0.4 is 10.2 Å². The minimum absolute atomic E-state index is 0.0229. The fraction of sp³-hybridized carbons (Fsp3) is 0.462. The third-order valence-corrected chi connectivity index (χ3v) is 3.36. The Hall–Kier alpha value is -2.15. The number of carbonyl (C=O) groups is 1. The molecule has 21 heavy (non-hydrogen) atoms. The highest BCUT2D eigenvalue weighted by molar-refractivity contribution is 5.95. The van der Waals surface area contributed by atoms with Gasteiger partial charge in [0.15, 0.2) is 0 Å². The first-order valence-electron chi connectivity index (χ1n) is 6.56. The molecule has 7 nitrogen and oxygen atoms in total. The van der Waals surface area contributed by atoms with Crippen LogP contribution in [0.4, 0.5) is 10.1 Å². The van der Waals surface area contributed by atoms with Crippen LogP contribution in [0.3, 0.4) is 0 Å². The number of carbonyl (C=O) groups excluding carboxylic acids is 1. The largest absolute Gasteiger partial charge is 0.388 e. The first-order chi connectivity index (χ1) is 10.2. The Morgan fingerprint density at radius 1 is 1.48 bits per heavy atom. The predicted octanol–water partition coefficient (Wildman–Crippen LogP) is 1.30. The van der Waals surface area contributed by atoms with Gasteiger partial charge in [-0.25, -0.2) is 0 Å². The maximum Gasteiger partial charge on any atom is 0.240 e. The highest BCUT2D eigenvalue weighted by Gasteiger charge is 2.22. The van der Waals surface area contributed by atoms with Crippen molar-refractivity contribution < 1.29 is 14.3 Å². The van der Waals surface area contributed by atoms with Crippen LogP contribution in [0.1, 0.15) is 11.7 Å². The molecule has 1 aromatic carbocycles. The van der Waals surface area contributed by atoms with E-state index in [0.717, 1.165) is 12.2 Å². The zero-order valence-electron chi connectivity index (χ0n) is 11.3. The Labute approximate surface area is 121 Å². The van der Waals surface area contributed by atoms with Crippen molar-refractivity contribution in [1.82, 2.24) is 5.32 Å². The van der Waals surface area contributed by atoms with Crippen LogP contribution in [-0.2, 0) is 4.79 Å². The van der Waals surface area contributed by atoms with E-state index < -0.39 is 18.8 Å². The summed E-state index contributed by atoms with van der Waals surface area (Å²) >= 11 is 0. The smallest absolute Gasteiger partial charge is 0.240 e. The quantitative estimate of drug-likeness (QED) is 0.486. The second-order valence-electron chi connectivity index (χ2n) is 4.69. The number of nitrogens with zero attached hydrogens (tertiary/aromatic N) is 4. The average Bonchev–Trinajstić information content (AvgIpc) is 2.52. The maximum atomic E-state index is 12.7. The van der Waals surface area contributed by atoms with Gasteiger partial charge in [0.2, 0.25) is 5.91 Å². The molecule has 0 bridgehead atoms. The molecule has 0 unspecified atom stereocenters. The minimum atomic E-state index is -1.21. The van der Waals surface area contributed by atoms with Gasteiger partial charge in [0, 0.05) is 23.7 Å². The van der Waals surface area contributed by atoms with Crippen molar-refractivity contribution in [2.24, 2.45) is 5.11 Å². The number of aliphatic hydroxyl groups excluding tert-OH is 1. The lowest BCUT2D eigenvalue weighted by Crippen LogP contribution is -2.48. The van der Waals surface area contributed by atoms with Gasteiger partial charge in [-0.2, -0.15) is 0 Å². The third-order valence-electron chi connectivity index (χ3n) is 3.36. The molecule has 0 saturated carbocycles. The summed E-state index contributed by atoms with van der Waals surface area (Å²) in [6.45, 7) is 0.651. The zero-order chi connectivity index (χ0) is 15.2. The molecule has 0 radical (unpaired) electrons. The molecular formula is C13H16FN5O2. The molecule has 0 aromatic heterocycles. The molecule has 1 amide bonds. The van der Waals surface area contributed by atoms with Crippen LogP contribution in [0.5, 0.6) is 0 Å². The first-order valence-corrected chi connectivity index (χ1v) is 6.56. The molecule has 1 saturated heterocycles. The lowest BCUT2D eigenvalue weighted by molar-refractivity contribution is -0.118. The Morgan fingerprint density at radius 2 is 2.19 bits per heavy atom. The van der Waals surface area contributed by atoms with E-state index in [9.17, 15) is 14.3 Å². The second kappa shape index (κ2) is 7.03. The summed E-state index contributed by atoms with van der Waals surface area (Å²) in [4.78, 5) is 15.9. The number of amides is 1. The molecule has 1 aliphatic rings. The number of azide groups is 1. The molecule has 2 atom stereocenters. The van der Waals surface area contributed by atoms with Gasteiger partial charge in [-0.05, 0) is 23.2 Å². The topological polar surface area (TPSA) is 101 Å². The lowest BCUT2D eigenvalue weighted by atomic mass is 10.0. The number of benzene rings is 1. The van der Waals surface area contributed by atoms with E-state index in [2.05, 4.69) is 15.3 Å². The maximum absolute atomic E-state index is 12.7. The molecule has 1 aliphatic heterocycles. The monoisotopic (exact) mass is 293 g/mol. The average molecular weight is 293 g/mol. The van der Waals surface area contributed by atoms with Crippen molar-refractivity contribution in [3.05, 3.63) is 40.3 Å². The van der Waals surface area contributed by atoms with Gasteiger partial charge in [0.25, 0.3) is 0 Å². The van der Waals surface area contributed by atoms with Gasteiger partial charge in [-0.3, -0.25) is 9.18 Å². The van der Waals surface area contributed by atoms with Gasteiger partial charge >= 0.3 is 0 Å². The molecule has 1 aromatic rings. The number of anilines is 1. The van der Waals surface area contributed by atoms with Crippen LogP contribution in [0.15, 0.2) is 29.4 Å². The Kier molecular flexibility index (Phi) is 5.10. The summed E-state index contributed by atoms with van der Waals surface area (Å²) in [6, 6.07) is 5.43. The molecule has 112 valence electrons. The van der Waals surface area contributed by atoms with E-state index in [1.165, 1.54) is 0 Å². The lowest BCUT2D eigenvalue weighted by Gasteiger charge is -2.27. The van der Waals surface area contributed by atoms with Gasteiger partial charge in [-0.1, -0.05) is 17.2 Å². The number of piperazine rings is 1. The first kappa shape index (κ1) is 15.2. The summed E-state index contributed by atoms with van der Waals surface area (Å²) < 4.78 is 12.7. The molecule has 2 N–H and O–H groups in total. The number of rotatable bonds is 5. The van der Waals surface area contributed by atoms with Crippen molar-refractivity contribution in [2.75, 3.05) is 31.2 Å². The van der Waals surface area contributed by atoms with Crippen molar-refractivity contribution in [2.45, 2.75) is 12.1 Å². The Morgan fingerprint density at radius 3 is 2.76 bits per heavy atom. The van der Waals surface area contributed by atoms with E-state index >= 15 is 0 Å². The van der Waals surface area contributed by atoms with Crippen molar-refractivity contribution in [3.8, 4) is 0 Å². The molecule has 0 aliphatic carbocycles. The van der Waals surface area contributed by atoms with Crippen LogP contribution in [0.25, 0.3) is 10.4 Å². The zero-order valence-corrected chi connectivity index (χ0v) is 11.3. The van der Waals surface area contributed by atoms with Gasteiger partial charge in [0.05, 0.1) is 18.7 Å². The summed E-state index contributed by atoms with van der Waals surface area (Å²) in [5.41, 5.74) is 9.50. The molecule has 2 rings (SSSR count). The van der Waals surface area contributed by atoms with Gasteiger partial charge < -0.3 is 15.3 Å². The van der Waals surface area contributed by atoms with Crippen LogP contribution in [0, 0.1) is 0 Å². The Bertz CT molecular complexity index is 544. The number of halogens is 1. The highest BCUT2D eigenvalue weighted by atomic mass is 19.1. The number of nitrogens with one attached hydrogen (secondary N) is 1. The number of alkyl halides is 1. The standard InChI is InChI=1S/C13H16FN5O2/c14-7-11(17-18-15)13(21)9-1-3-10(4-2-9)19-6-5-16-8-12(19)20/h1-4,11,13,16,21H,5-8H2/t11-,13-/m1/s1. The van der Waals surface area contributed by atoms with Gasteiger partial charge in [-0.15, -0.1) is 0 Å². The SMILES string of the molecule is [N-]=[N+]=N[C@H](CF)[C@H](O)c1ccc(N2CCNCC2=O)cc1. The third kappa shape index (κ3) is 3.49. The number of hydrogen-bond acceptors (Lipinski definition) is 4. The van der Waals surface area contributed by atoms with Crippen LogP contribution in [0.2, 0.25) is 0 Å².